The molecule has 1 unspecified atom stereocenters. The molecule has 1 aromatic heterocycles. The summed E-state index contributed by atoms with van der Waals surface area (Å²) >= 11 is 1.42. The standard InChI is InChI=1S/C25H38N4O2S/c1-18(2)28(19(3)4)16-17-29-24(31)21-12-8-9-13-22(21)26-25(29)32-20(5)23(30)27-14-10-6-7-11-15-27/h8-9,12-13,18-20H,6-7,10-11,14-17H2,1-5H3. The Balaban J connectivity index is 1.89. The van der Waals surface area contributed by atoms with Gasteiger partial charge < -0.3 is 4.90 Å². The molecule has 1 saturated heterocycles. The lowest BCUT2D eigenvalue weighted by molar-refractivity contribution is -0.130. The van der Waals surface area contributed by atoms with Crippen LogP contribution in [0, 0.1) is 0 Å². The zero-order chi connectivity index (χ0) is 23.3. The molecule has 2 heterocycles. The molecule has 32 heavy (non-hydrogen) atoms. The summed E-state index contributed by atoms with van der Waals surface area (Å²) in [5, 5.41) is 0.986. The van der Waals surface area contributed by atoms with Gasteiger partial charge in [0, 0.05) is 38.3 Å². The summed E-state index contributed by atoms with van der Waals surface area (Å²) in [5.41, 5.74) is 0.662. The number of aromatic nitrogens is 2. The Bertz CT molecular complexity index is 956. The summed E-state index contributed by atoms with van der Waals surface area (Å²) in [5.74, 6) is 0.150. The summed E-state index contributed by atoms with van der Waals surface area (Å²) in [6.07, 6.45) is 4.53. The Morgan fingerprint density at radius 1 is 1.03 bits per heavy atom. The number of amides is 1. The van der Waals surface area contributed by atoms with E-state index in [0.717, 1.165) is 32.5 Å². The predicted octanol–water partition coefficient (Wildman–Crippen LogP) is 4.40. The van der Waals surface area contributed by atoms with Crippen molar-refractivity contribution in [3.8, 4) is 0 Å². The number of rotatable bonds is 8. The molecule has 1 aliphatic heterocycles. The third kappa shape index (κ3) is 5.93. The second-order valence-electron chi connectivity index (χ2n) is 9.29. The lowest BCUT2D eigenvalue weighted by Gasteiger charge is -2.31. The maximum absolute atomic E-state index is 13.4. The molecule has 176 valence electrons. The number of nitrogens with zero attached hydrogens (tertiary/aromatic N) is 4. The van der Waals surface area contributed by atoms with Crippen molar-refractivity contribution in [1.29, 1.82) is 0 Å². The summed E-state index contributed by atoms with van der Waals surface area (Å²) in [7, 11) is 0. The maximum atomic E-state index is 13.4. The van der Waals surface area contributed by atoms with Crippen molar-refractivity contribution in [2.45, 2.75) is 89.3 Å². The minimum absolute atomic E-state index is 0.0278. The van der Waals surface area contributed by atoms with Gasteiger partial charge in [-0.15, -0.1) is 0 Å². The molecule has 1 amide bonds. The second kappa shape index (κ2) is 11.3. The van der Waals surface area contributed by atoms with E-state index in [1.807, 2.05) is 36.1 Å². The van der Waals surface area contributed by atoms with E-state index in [1.54, 1.807) is 4.57 Å². The molecule has 3 rings (SSSR count). The van der Waals surface area contributed by atoms with Gasteiger partial charge >= 0.3 is 0 Å². The highest BCUT2D eigenvalue weighted by Crippen LogP contribution is 2.25. The second-order valence-corrected chi connectivity index (χ2v) is 10.6. The number of hydrogen-bond acceptors (Lipinski definition) is 5. The van der Waals surface area contributed by atoms with Crippen molar-refractivity contribution in [2.24, 2.45) is 0 Å². The Morgan fingerprint density at radius 3 is 2.28 bits per heavy atom. The van der Waals surface area contributed by atoms with Crippen molar-refractivity contribution in [3.05, 3.63) is 34.6 Å². The quantitative estimate of drug-likeness (QED) is 0.433. The molecule has 1 atom stereocenters. The van der Waals surface area contributed by atoms with E-state index in [9.17, 15) is 9.59 Å². The Labute approximate surface area is 196 Å². The maximum Gasteiger partial charge on any atom is 0.262 e. The van der Waals surface area contributed by atoms with Gasteiger partial charge in [-0.1, -0.05) is 36.7 Å². The Morgan fingerprint density at radius 2 is 1.66 bits per heavy atom. The number of likely N-dealkylation sites (tertiary alicyclic amines) is 1. The van der Waals surface area contributed by atoms with Gasteiger partial charge in [-0.3, -0.25) is 19.1 Å². The van der Waals surface area contributed by atoms with Gasteiger partial charge in [0.1, 0.15) is 0 Å². The van der Waals surface area contributed by atoms with Crippen LogP contribution in [0.15, 0.2) is 34.2 Å². The molecule has 0 saturated carbocycles. The largest absolute Gasteiger partial charge is 0.342 e. The molecule has 7 heteroatoms. The van der Waals surface area contributed by atoms with Gasteiger partial charge in [0.15, 0.2) is 5.16 Å². The normalized spacial score (nSPS) is 16.2. The molecule has 0 N–H and O–H groups in total. The van der Waals surface area contributed by atoms with Crippen LogP contribution in [0.1, 0.15) is 60.3 Å². The minimum atomic E-state index is -0.279. The van der Waals surface area contributed by atoms with Crippen LogP contribution in [0.3, 0.4) is 0 Å². The van der Waals surface area contributed by atoms with Crippen LogP contribution in [-0.4, -0.2) is 62.2 Å². The molecule has 1 aliphatic rings. The number of benzene rings is 1. The molecule has 1 fully saturated rings. The average Bonchev–Trinajstić information content (AvgIpc) is 3.04. The van der Waals surface area contributed by atoms with Crippen molar-refractivity contribution in [2.75, 3.05) is 19.6 Å². The predicted molar refractivity (Wildman–Crippen MR) is 133 cm³/mol. The number of carbonyl (C=O) groups excluding carboxylic acids is 1. The molecule has 0 radical (unpaired) electrons. The first-order valence-corrected chi connectivity index (χ1v) is 12.9. The fourth-order valence-corrected chi connectivity index (χ4v) is 5.54. The fourth-order valence-electron chi connectivity index (χ4n) is 4.52. The third-order valence-electron chi connectivity index (χ3n) is 6.28. The van der Waals surface area contributed by atoms with E-state index < -0.39 is 0 Å². The number of thioether (sulfide) groups is 1. The number of para-hydroxylation sites is 1. The SMILES string of the molecule is CC(Sc1nc2ccccc2c(=O)n1CCN(C(C)C)C(C)C)C(=O)N1CCCCCC1. The van der Waals surface area contributed by atoms with Gasteiger partial charge in [0.25, 0.3) is 5.56 Å². The topological polar surface area (TPSA) is 58.4 Å². The van der Waals surface area contributed by atoms with Gasteiger partial charge in [-0.2, -0.15) is 0 Å². The third-order valence-corrected chi connectivity index (χ3v) is 7.36. The first-order valence-electron chi connectivity index (χ1n) is 12.0. The lowest BCUT2D eigenvalue weighted by atomic mass is 10.2. The van der Waals surface area contributed by atoms with Crippen LogP contribution in [0.4, 0.5) is 0 Å². The Hall–Kier alpha value is -1.86. The van der Waals surface area contributed by atoms with Crippen LogP contribution < -0.4 is 5.56 Å². The van der Waals surface area contributed by atoms with Gasteiger partial charge in [0.05, 0.1) is 16.2 Å². The highest BCUT2D eigenvalue weighted by molar-refractivity contribution is 8.00. The van der Waals surface area contributed by atoms with Crippen LogP contribution in [0.2, 0.25) is 0 Å². The van der Waals surface area contributed by atoms with Gasteiger partial charge in [-0.25, -0.2) is 4.98 Å². The summed E-state index contributed by atoms with van der Waals surface area (Å²) in [6, 6.07) is 8.27. The van der Waals surface area contributed by atoms with E-state index in [-0.39, 0.29) is 16.7 Å². The number of fused-ring (bicyclic) bond motifs is 1. The number of carbonyl (C=O) groups is 1. The molecular weight excluding hydrogens is 420 g/mol. The van der Waals surface area contributed by atoms with E-state index in [2.05, 4.69) is 32.6 Å². The average molecular weight is 459 g/mol. The molecule has 6 nitrogen and oxygen atoms in total. The first kappa shape index (κ1) is 24.8. The molecule has 0 aliphatic carbocycles. The van der Waals surface area contributed by atoms with Crippen LogP contribution in [-0.2, 0) is 11.3 Å². The van der Waals surface area contributed by atoms with Gasteiger partial charge in [-0.05, 0) is 59.6 Å². The molecular formula is C25H38N4O2S. The van der Waals surface area contributed by atoms with Gasteiger partial charge in [0.2, 0.25) is 5.91 Å². The summed E-state index contributed by atoms with van der Waals surface area (Å²) < 4.78 is 1.77. The van der Waals surface area contributed by atoms with E-state index in [0.29, 0.717) is 34.7 Å². The highest BCUT2D eigenvalue weighted by atomic mass is 32.2. The molecule has 1 aromatic carbocycles. The van der Waals surface area contributed by atoms with E-state index >= 15 is 0 Å². The summed E-state index contributed by atoms with van der Waals surface area (Å²) in [6.45, 7) is 13.6. The van der Waals surface area contributed by atoms with Crippen molar-refractivity contribution in [1.82, 2.24) is 19.4 Å². The first-order chi connectivity index (χ1) is 15.3. The van der Waals surface area contributed by atoms with Crippen molar-refractivity contribution < 1.29 is 4.79 Å². The monoisotopic (exact) mass is 458 g/mol. The van der Waals surface area contributed by atoms with Crippen LogP contribution in [0.5, 0.6) is 0 Å². The van der Waals surface area contributed by atoms with E-state index in [4.69, 9.17) is 4.98 Å². The number of hydrogen-bond donors (Lipinski definition) is 0. The minimum Gasteiger partial charge on any atom is -0.342 e. The molecule has 0 bridgehead atoms. The van der Waals surface area contributed by atoms with Crippen molar-refractivity contribution >= 4 is 28.6 Å². The Kier molecular flexibility index (Phi) is 8.77. The highest BCUT2D eigenvalue weighted by Gasteiger charge is 2.25. The lowest BCUT2D eigenvalue weighted by Crippen LogP contribution is -2.41. The molecule has 2 aromatic rings. The van der Waals surface area contributed by atoms with E-state index in [1.165, 1.54) is 24.6 Å². The van der Waals surface area contributed by atoms with Crippen LogP contribution in [0.25, 0.3) is 10.9 Å². The zero-order valence-electron chi connectivity index (χ0n) is 20.2. The molecule has 0 spiro atoms. The fraction of sp³-hybridized carbons (Fsp3) is 0.640. The van der Waals surface area contributed by atoms with Crippen molar-refractivity contribution in [3.63, 3.8) is 0 Å². The summed E-state index contributed by atoms with van der Waals surface area (Å²) in [4.78, 5) is 35.7. The smallest absolute Gasteiger partial charge is 0.262 e. The zero-order valence-corrected chi connectivity index (χ0v) is 21.0. The van der Waals surface area contributed by atoms with Crippen LogP contribution >= 0.6 is 11.8 Å².